The average molecular weight is 357 g/mol. The summed E-state index contributed by atoms with van der Waals surface area (Å²) < 4.78 is 6.08. The molecule has 106 valence electrons. The lowest BCUT2D eigenvalue weighted by Crippen LogP contribution is -2.05. The van der Waals surface area contributed by atoms with Crippen molar-refractivity contribution < 1.29 is 4.74 Å². The Balaban J connectivity index is 2.51. The molecule has 0 spiro atoms. The summed E-state index contributed by atoms with van der Waals surface area (Å²) >= 11 is 9.67. The highest BCUT2D eigenvalue weighted by Gasteiger charge is 2.10. The number of anilines is 1. The van der Waals surface area contributed by atoms with E-state index in [0.717, 1.165) is 28.1 Å². The molecule has 0 saturated heterocycles. The number of rotatable bonds is 5. The second kappa shape index (κ2) is 7.02. The van der Waals surface area contributed by atoms with Gasteiger partial charge in [-0.05, 0) is 25.1 Å². The molecule has 0 atom stereocenters. The molecule has 20 heavy (non-hydrogen) atoms. The van der Waals surface area contributed by atoms with Crippen molar-refractivity contribution in [1.29, 1.82) is 0 Å². The van der Waals surface area contributed by atoms with Crippen LogP contribution in [0.25, 0.3) is 11.4 Å². The van der Waals surface area contributed by atoms with Crippen LogP contribution in [-0.2, 0) is 11.3 Å². The fourth-order valence-corrected chi connectivity index (χ4v) is 2.34. The number of nitrogens with zero attached hydrogens (tertiary/aromatic N) is 2. The van der Waals surface area contributed by atoms with Crippen molar-refractivity contribution in [2.45, 2.75) is 13.5 Å². The number of aromatic nitrogens is 2. The van der Waals surface area contributed by atoms with Crippen molar-refractivity contribution >= 4 is 33.3 Å². The first-order valence-electron chi connectivity index (χ1n) is 6.20. The first kappa shape index (κ1) is 15.2. The lowest BCUT2D eigenvalue weighted by atomic mass is 10.2. The fourth-order valence-electron chi connectivity index (χ4n) is 1.78. The highest BCUT2D eigenvalue weighted by molar-refractivity contribution is 9.10. The van der Waals surface area contributed by atoms with Gasteiger partial charge < -0.3 is 10.1 Å². The van der Waals surface area contributed by atoms with Gasteiger partial charge in [-0.2, -0.15) is 0 Å². The van der Waals surface area contributed by atoms with E-state index >= 15 is 0 Å². The van der Waals surface area contributed by atoms with Crippen molar-refractivity contribution in [3.8, 4) is 11.4 Å². The minimum atomic E-state index is 0.430. The van der Waals surface area contributed by atoms with Gasteiger partial charge in [-0.1, -0.05) is 27.5 Å². The number of halogens is 2. The van der Waals surface area contributed by atoms with Gasteiger partial charge in [-0.3, -0.25) is 0 Å². The van der Waals surface area contributed by atoms with Gasteiger partial charge in [0.05, 0.1) is 17.3 Å². The molecule has 0 bridgehead atoms. The van der Waals surface area contributed by atoms with E-state index in [-0.39, 0.29) is 0 Å². The largest absolute Gasteiger partial charge is 0.378 e. The molecule has 0 aliphatic carbocycles. The monoisotopic (exact) mass is 355 g/mol. The van der Waals surface area contributed by atoms with Gasteiger partial charge >= 0.3 is 0 Å². The van der Waals surface area contributed by atoms with Gasteiger partial charge in [0.1, 0.15) is 5.82 Å². The van der Waals surface area contributed by atoms with E-state index in [4.69, 9.17) is 16.3 Å². The summed E-state index contributed by atoms with van der Waals surface area (Å²) in [6.07, 6.45) is 0. The van der Waals surface area contributed by atoms with E-state index in [9.17, 15) is 0 Å². The number of hydrogen-bond acceptors (Lipinski definition) is 4. The van der Waals surface area contributed by atoms with Gasteiger partial charge in [0.15, 0.2) is 5.82 Å². The molecular weight excluding hydrogens is 342 g/mol. The summed E-state index contributed by atoms with van der Waals surface area (Å²) in [5, 5.41) is 3.81. The van der Waals surface area contributed by atoms with Crippen LogP contribution in [0.5, 0.6) is 0 Å². The molecule has 1 aromatic carbocycles. The molecule has 0 unspecified atom stereocenters. The van der Waals surface area contributed by atoms with Crippen LogP contribution in [0.2, 0.25) is 5.02 Å². The molecule has 0 amide bonds. The number of nitrogens with one attached hydrogen (secondary N) is 1. The Morgan fingerprint density at radius 2 is 2.10 bits per heavy atom. The summed E-state index contributed by atoms with van der Waals surface area (Å²) in [6, 6.07) is 7.49. The highest BCUT2D eigenvalue weighted by Crippen LogP contribution is 2.29. The van der Waals surface area contributed by atoms with Crippen LogP contribution in [0, 0.1) is 0 Å². The first-order chi connectivity index (χ1) is 9.63. The van der Waals surface area contributed by atoms with Crippen LogP contribution in [0.3, 0.4) is 0 Å². The quantitative estimate of drug-likeness (QED) is 0.874. The van der Waals surface area contributed by atoms with E-state index in [0.29, 0.717) is 17.5 Å². The van der Waals surface area contributed by atoms with E-state index in [2.05, 4.69) is 31.2 Å². The second-order valence-corrected chi connectivity index (χ2v) is 5.48. The summed E-state index contributed by atoms with van der Waals surface area (Å²) in [5.74, 6) is 1.35. The number of hydrogen-bond donors (Lipinski definition) is 1. The van der Waals surface area contributed by atoms with Crippen molar-refractivity contribution in [2.24, 2.45) is 0 Å². The summed E-state index contributed by atoms with van der Waals surface area (Å²) in [7, 11) is 1.64. The predicted molar refractivity (Wildman–Crippen MR) is 85.1 cm³/mol. The zero-order valence-corrected chi connectivity index (χ0v) is 13.6. The lowest BCUT2D eigenvalue weighted by molar-refractivity contribution is 0.181. The predicted octanol–water partition coefficient (Wildman–Crippen LogP) is 4.14. The molecule has 2 rings (SSSR count). The first-order valence-corrected chi connectivity index (χ1v) is 7.37. The van der Waals surface area contributed by atoms with Crippen molar-refractivity contribution in [1.82, 2.24) is 9.97 Å². The third-order valence-electron chi connectivity index (χ3n) is 2.60. The van der Waals surface area contributed by atoms with Gasteiger partial charge in [0.25, 0.3) is 0 Å². The molecular formula is C14H15BrClN3O. The van der Waals surface area contributed by atoms with E-state index in [1.165, 1.54) is 0 Å². The Bertz CT molecular complexity index is 583. The molecule has 4 nitrogen and oxygen atoms in total. The number of benzene rings is 1. The highest BCUT2D eigenvalue weighted by atomic mass is 79.9. The van der Waals surface area contributed by atoms with Gasteiger partial charge in [-0.25, -0.2) is 9.97 Å². The standard InChI is InChI=1S/C14H15BrClN3O/c1-3-17-13-7-10(8-20-2)18-14(19-13)11-6-9(15)4-5-12(11)16/h4-7H,3,8H2,1-2H3,(H,17,18,19). The Morgan fingerprint density at radius 1 is 1.30 bits per heavy atom. The zero-order valence-electron chi connectivity index (χ0n) is 11.3. The summed E-state index contributed by atoms with van der Waals surface area (Å²) in [4.78, 5) is 8.99. The van der Waals surface area contributed by atoms with Crippen LogP contribution in [-0.4, -0.2) is 23.6 Å². The zero-order chi connectivity index (χ0) is 14.5. The molecule has 1 heterocycles. The van der Waals surface area contributed by atoms with Crippen molar-refractivity contribution in [3.05, 3.63) is 39.5 Å². The third kappa shape index (κ3) is 3.69. The fraction of sp³-hybridized carbons (Fsp3) is 0.286. The van der Waals surface area contributed by atoms with Crippen LogP contribution in [0.4, 0.5) is 5.82 Å². The lowest BCUT2D eigenvalue weighted by Gasteiger charge is -2.10. The molecule has 1 N–H and O–H groups in total. The SMILES string of the molecule is CCNc1cc(COC)nc(-c2cc(Br)ccc2Cl)n1. The van der Waals surface area contributed by atoms with E-state index < -0.39 is 0 Å². The normalized spacial score (nSPS) is 10.6. The van der Waals surface area contributed by atoms with Gasteiger partial charge in [-0.15, -0.1) is 0 Å². The smallest absolute Gasteiger partial charge is 0.163 e. The molecule has 0 radical (unpaired) electrons. The average Bonchev–Trinajstić information content (AvgIpc) is 2.42. The molecule has 1 aromatic heterocycles. The molecule has 0 aliphatic rings. The Kier molecular flexibility index (Phi) is 5.34. The minimum absolute atomic E-state index is 0.430. The van der Waals surface area contributed by atoms with E-state index in [1.54, 1.807) is 7.11 Å². The van der Waals surface area contributed by atoms with Gasteiger partial charge in [0, 0.05) is 29.8 Å². The topological polar surface area (TPSA) is 47.0 Å². The Labute approximate surface area is 131 Å². The Morgan fingerprint density at radius 3 is 2.80 bits per heavy atom. The summed E-state index contributed by atoms with van der Waals surface area (Å²) in [5.41, 5.74) is 1.60. The molecule has 6 heteroatoms. The molecule has 0 fully saturated rings. The van der Waals surface area contributed by atoms with Crippen LogP contribution in [0.15, 0.2) is 28.7 Å². The van der Waals surface area contributed by atoms with Crippen LogP contribution in [0.1, 0.15) is 12.6 Å². The number of methoxy groups -OCH3 is 1. The Hall–Kier alpha value is -1.17. The molecule has 0 aliphatic heterocycles. The second-order valence-electron chi connectivity index (χ2n) is 4.16. The minimum Gasteiger partial charge on any atom is -0.378 e. The van der Waals surface area contributed by atoms with Crippen molar-refractivity contribution in [3.63, 3.8) is 0 Å². The molecule has 2 aromatic rings. The maximum Gasteiger partial charge on any atom is 0.163 e. The van der Waals surface area contributed by atoms with Crippen LogP contribution < -0.4 is 5.32 Å². The number of ether oxygens (including phenoxy) is 1. The summed E-state index contributed by atoms with van der Waals surface area (Å²) in [6.45, 7) is 3.23. The van der Waals surface area contributed by atoms with Crippen molar-refractivity contribution in [2.75, 3.05) is 19.0 Å². The van der Waals surface area contributed by atoms with E-state index in [1.807, 2.05) is 31.2 Å². The third-order valence-corrected chi connectivity index (χ3v) is 3.42. The van der Waals surface area contributed by atoms with Gasteiger partial charge in [0.2, 0.25) is 0 Å². The molecule has 0 saturated carbocycles. The maximum atomic E-state index is 6.24. The van der Waals surface area contributed by atoms with Crippen LogP contribution >= 0.6 is 27.5 Å². The maximum absolute atomic E-state index is 6.24.